The lowest BCUT2D eigenvalue weighted by Gasteiger charge is -2.34. The largest absolute Gasteiger partial charge is 0.481 e. The summed E-state index contributed by atoms with van der Waals surface area (Å²) in [7, 11) is 1.59. The summed E-state index contributed by atoms with van der Waals surface area (Å²) in [5, 5.41) is 2.82. The fraction of sp³-hybridized carbons (Fsp3) is 0.444. The number of carbonyl (C=O) groups excluding carboxylic acids is 1. The lowest BCUT2D eigenvalue weighted by atomic mass is 10.3. The number of methoxy groups -OCH3 is 1. The number of hydrogen-bond acceptors (Lipinski definition) is 7. The highest BCUT2D eigenvalue weighted by Gasteiger charge is 2.23. The van der Waals surface area contributed by atoms with Crippen LogP contribution in [0.25, 0.3) is 0 Å². The van der Waals surface area contributed by atoms with Crippen molar-refractivity contribution in [1.29, 1.82) is 0 Å². The fourth-order valence-electron chi connectivity index (χ4n) is 2.78. The number of aryl methyl sites for hydroxylation is 1. The first-order chi connectivity index (χ1) is 13.1. The van der Waals surface area contributed by atoms with Crippen molar-refractivity contribution in [3.05, 3.63) is 30.0 Å². The van der Waals surface area contributed by atoms with Crippen LogP contribution >= 0.6 is 0 Å². The van der Waals surface area contributed by atoms with E-state index in [2.05, 4.69) is 20.3 Å². The number of amides is 2. The maximum Gasteiger partial charge on any atom is 0.323 e. The Bertz CT molecular complexity index is 792. The summed E-state index contributed by atoms with van der Waals surface area (Å²) in [6, 6.07) is 6.90. The topological polar surface area (TPSA) is 92.7 Å². The molecule has 27 heavy (non-hydrogen) atoms. The molecule has 0 aliphatic carbocycles. The summed E-state index contributed by atoms with van der Waals surface area (Å²) in [5.74, 6) is 2.13. The van der Waals surface area contributed by atoms with Crippen LogP contribution in [0.4, 0.5) is 16.6 Å². The molecule has 9 heteroatoms. The van der Waals surface area contributed by atoms with E-state index in [0.29, 0.717) is 56.3 Å². The standard InChI is InChI=1S/C18H24N6O3/c1-4-27-15-7-5-6-14(20-15)21-18(25)24-10-8-23(9-11-24)17-19-13(2)12-16(22-17)26-3/h5-7,12H,4,8-11H2,1-3H3,(H,20,21,25). The predicted molar refractivity (Wildman–Crippen MR) is 102 cm³/mol. The maximum atomic E-state index is 12.5. The monoisotopic (exact) mass is 372 g/mol. The summed E-state index contributed by atoms with van der Waals surface area (Å²) in [6.07, 6.45) is 0. The highest BCUT2D eigenvalue weighted by Crippen LogP contribution is 2.17. The average Bonchev–Trinajstić information content (AvgIpc) is 2.68. The number of carbonyl (C=O) groups is 1. The minimum atomic E-state index is -0.182. The third kappa shape index (κ3) is 4.75. The second kappa shape index (κ2) is 8.52. The van der Waals surface area contributed by atoms with Gasteiger partial charge in [-0.25, -0.2) is 9.78 Å². The molecule has 0 spiro atoms. The molecule has 0 aromatic carbocycles. The minimum absolute atomic E-state index is 0.182. The van der Waals surface area contributed by atoms with Crippen LogP contribution in [-0.4, -0.2) is 65.8 Å². The zero-order valence-electron chi connectivity index (χ0n) is 15.8. The second-order valence-electron chi connectivity index (χ2n) is 6.05. The van der Waals surface area contributed by atoms with Gasteiger partial charge in [0.25, 0.3) is 0 Å². The Kier molecular flexibility index (Phi) is 5.90. The van der Waals surface area contributed by atoms with E-state index in [0.717, 1.165) is 5.69 Å². The summed E-state index contributed by atoms with van der Waals surface area (Å²) in [4.78, 5) is 29.4. The van der Waals surface area contributed by atoms with Crippen LogP contribution in [0.2, 0.25) is 0 Å². The number of urea groups is 1. The Labute approximate surface area is 158 Å². The molecule has 144 valence electrons. The molecule has 1 fully saturated rings. The first kappa shape index (κ1) is 18.7. The van der Waals surface area contributed by atoms with Crippen LogP contribution in [0.1, 0.15) is 12.6 Å². The van der Waals surface area contributed by atoms with Gasteiger partial charge in [0.1, 0.15) is 5.82 Å². The Morgan fingerprint density at radius 3 is 2.63 bits per heavy atom. The van der Waals surface area contributed by atoms with Gasteiger partial charge >= 0.3 is 6.03 Å². The van der Waals surface area contributed by atoms with E-state index < -0.39 is 0 Å². The molecule has 0 atom stereocenters. The average molecular weight is 372 g/mol. The summed E-state index contributed by atoms with van der Waals surface area (Å²) in [5.41, 5.74) is 0.845. The normalized spacial score (nSPS) is 14.0. The quantitative estimate of drug-likeness (QED) is 0.857. The van der Waals surface area contributed by atoms with Crippen molar-refractivity contribution in [2.24, 2.45) is 0 Å². The molecule has 1 N–H and O–H groups in total. The zero-order valence-corrected chi connectivity index (χ0v) is 15.8. The van der Waals surface area contributed by atoms with Gasteiger partial charge < -0.3 is 19.3 Å². The van der Waals surface area contributed by atoms with Crippen LogP contribution in [0.5, 0.6) is 11.8 Å². The predicted octanol–water partition coefficient (Wildman–Crippen LogP) is 1.94. The van der Waals surface area contributed by atoms with E-state index in [1.165, 1.54) is 0 Å². The van der Waals surface area contributed by atoms with Gasteiger partial charge in [-0.15, -0.1) is 0 Å². The first-order valence-electron chi connectivity index (χ1n) is 8.89. The number of nitrogens with one attached hydrogen (secondary N) is 1. The molecule has 1 aliphatic heterocycles. The van der Waals surface area contributed by atoms with Gasteiger partial charge in [0.15, 0.2) is 0 Å². The molecule has 1 saturated heterocycles. The third-order valence-electron chi connectivity index (χ3n) is 4.13. The van der Waals surface area contributed by atoms with Crippen molar-refractivity contribution in [3.63, 3.8) is 0 Å². The molecule has 0 radical (unpaired) electrons. The number of piperazine rings is 1. The summed E-state index contributed by atoms with van der Waals surface area (Å²) >= 11 is 0. The van der Waals surface area contributed by atoms with Crippen LogP contribution in [0.15, 0.2) is 24.3 Å². The lowest BCUT2D eigenvalue weighted by Crippen LogP contribution is -2.50. The Morgan fingerprint density at radius 2 is 1.93 bits per heavy atom. The van der Waals surface area contributed by atoms with E-state index in [-0.39, 0.29) is 6.03 Å². The van der Waals surface area contributed by atoms with Crippen molar-refractivity contribution >= 4 is 17.8 Å². The first-order valence-corrected chi connectivity index (χ1v) is 8.89. The van der Waals surface area contributed by atoms with E-state index >= 15 is 0 Å². The number of hydrogen-bond donors (Lipinski definition) is 1. The van der Waals surface area contributed by atoms with Crippen molar-refractivity contribution in [2.45, 2.75) is 13.8 Å². The molecular weight excluding hydrogens is 348 g/mol. The molecule has 3 rings (SSSR count). The zero-order chi connectivity index (χ0) is 19.2. The highest BCUT2D eigenvalue weighted by molar-refractivity contribution is 5.88. The smallest absolute Gasteiger partial charge is 0.323 e. The summed E-state index contributed by atoms with van der Waals surface area (Å²) in [6.45, 7) is 6.74. The SMILES string of the molecule is CCOc1cccc(NC(=O)N2CCN(c3nc(C)cc(OC)n3)CC2)n1. The molecule has 3 heterocycles. The highest BCUT2D eigenvalue weighted by atomic mass is 16.5. The molecule has 0 bridgehead atoms. The van der Waals surface area contributed by atoms with Crippen LogP contribution in [0.3, 0.4) is 0 Å². The van der Waals surface area contributed by atoms with E-state index in [1.807, 2.05) is 18.7 Å². The van der Waals surface area contributed by atoms with Gasteiger partial charge in [-0.1, -0.05) is 6.07 Å². The molecule has 2 aromatic heterocycles. The third-order valence-corrected chi connectivity index (χ3v) is 4.13. The van der Waals surface area contributed by atoms with Gasteiger partial charge in [0.05, 0.1) is 13.7 Å². The van der Waals surface area contributed by atoms with Crippen molar-refractivity contribution in [2.75, 3.05) is 50.1 Å². The van der Waals surface area contributed by atoms with Gasteiger partial charge in [0, 0.05) is 44.0 Å². The molecule has 1 aliphatic rings. The number of rotatable bonds is 5. The Balaban J connectivity index is 1.58. The molecular formula is C18H24N6O3. The fourth-order valence-corrected chi connectivity index (χ4v) is 2.78. The van der Waals surface area contributed by atoms with Gasteiger partial charge in [0.2, 0.25) is 17.7 Å². The van der Waals surface area contributed by atoms with Gasteiger partial charge in [-0.3, -0.25) is 5.32 Å². The van der Waals surface area contributed by atoms with E-state index in [9.17, 15) is 4.79 Å². The number of aromatic nitrogens is 3. The molecule has 2 amide bonds. The van der Waals surface area contributed by atoms with Crippen molar-refractivity contribution in [1.82, 2.24) is 19.9 Å². The second-order valence-corrected chi connectivity index (χ2v) is 6.05. The molecule has 2 aromatic rings. The van der Waals surface area contributed by atoms with Crippen LogP contribution in [0, 0.1) is 6.92 Å². The minimum Gasteiger partial charge on any atom is -0.481 e. The molecule has 9 nitrogen and oxygen atoms in total. The number of anilines is 2. The lowest BCUT2D eigenvalue weighted by molar-refractivity contribution is 0.207. The van der Waals surface area contributed by atoms with Gasteiger partial charge in [-0.2, -0.15) is 9.97 Å². The molecule has 0 unspecified atom stereocenters. The van der Waals surface area contributed by atoms with Crippen LogP contribution in [-0.2, 0) is 0 Å². The Morgan fingerprint density at radius 1 is 1.15 bits per heavy atom. The number of ether oxygens (including phenoxy) is 2. The maximum absolute atomic E-state index is 12.5. The van der Waals surface area contributed by atoms with Crippen LogP contribution < -0.4 is 19.7 Å². The van der Waals surface area contributed by atoms with Crippen molar-refractivity contribution < 1.29 is 14.3 Å². The van der Waals surface area contributed by atoms with E-state index in [1.54, 1.807) is 36.3 Å². The Hall–Kier alpha value is -3.10. The summed E-state index contributed by atoms with van der Waals surface area (Å²) < 4.78 is 10.6. The van der Waals surface area contributed by atoms with E-state index in [4.69, 9.17) is 9.47 Å². The molecule has 0 saturated carbocycles. The number of nitrogens with zero attached hydrogens (tertiary/aromatic N) is 5. The van der Waals surface area contributed by atoms with Gasteiger partial charge in [-0.05, 0) is 19.9 Å². The number of pyridine rings is 1. The van der Waals surface area contributed by atoms with Crippen molar-refractivity contribution in [3.8, 4) is 11.8 Å².